The largest absolute Gasteiger partial charge is 0.493 e. The third-order valence-corrected chi connectivity index (χ3v) is 7.09. The number of piperidine rings is 1. The molecule has 0 unspecified atom stereocenters. The molecule has 5 heteroatoms. The van der Waals surface area contributed by atoms with Crippen molar-refractivity contribution in [2.24, 2.45) is 23.2 Å². The molecule has 3 fully saturated rings. The van der Waals surface area contributed by atoms with Gasteiger partial charge in [-0.25, -0.2) is 0 Å². The van der Waals surface area contributed by atoms with Crippen LogP contribution in [-0.2, 0) is 9.59 Å². The van der Waals surface area contributed by atoms with Crippen LogP contribution in [0.15, 0.2) is 30.3 Å². The summed E-state index contributed by atoms with van der Waals surface area (Å²) in [6.45, 7) is 7.75. The van der Waals surface area contributed by atoms with Crippen LogP contribution in [0.5, 0.6) is 5.75 Å². The van der Waals surface area contributed by atoms with E-state index in [0.717, 1.165) is 57.6 Å². The molecule has 3 aliphatic rings. The molecule has 4 rings (SSSR count). The van der Waals surface area contributed by atoms with Crippen LogP contribution >= 0.6 is 0 Å². The fraction of sp³-hybridized carbons (Fsp3) is 0.652. The van der Waals surface area contributed by atoms with Gasteiger partial charge < -0.3 is 14.5 Å². The average molecular weight is 385 g/mol. The van der Waals surface area contributed by atoms with Gasteiger partial charge in [-0.1, -0.05) is 25.1 Å². The van der Waals surface area contributed by atoms with Crippen LogP contribution in [0.2, 0.25) is 0 Å². The second-order valence-corrected chi connectivity index (χ2v) is 9.16. The van der Waals surface area contributed by atoms with Gasteiger partial charge in [0.2, 0.25) is 11.8 Å². The van der Waals surface area contributed by atoms with Gasteiger partial charge in [0.05, 0.1) is 6.61 Å². The Labute approximate surface area is 168 Å². The number of ether oxygens (including phenoxy) is 1. The van der Waals surface area contributed by atoms with Gasteiger partial charge in [0.15, 0.2) is 0 Å². The standard InChI is InChI=1S/C23H32N2O3/c1-17(26)24-12-8-18(9-13-24)21-15-25(22(27)23(2)10-11-23)14-19(21)16-28-20-6-4-3-5-7-20/h3-7,18-19,21H,8-16H2,1-2H3/t19-,21-/m0/s1. The Balaban J connectivity index is 1.43. The molecule has 1 aromatic carbocycles. The molecule has 0 radical (unpaired) electrons. The van der Waals surface area contributed by atoms with E-state index in [1.807, 2.05) is 35.2 Å². The van der Waals surface area contributed by atoms with Crippen molar-refractivity contribution in [2.45, 2.75) is 39.5 Å². The highest BCUT2D eigenvalue weighted by Crippen LogP contribution is 2.48. The van der Waals surface area contributed by atoms with E-state index in [2.05, 4.69) is 11.8 Å². The SMILES string of the molecule is CC(=O)N1CCC([C@@H]2CN(C(=O)C3(C)CC3)C[C@H]2COc2ccccc2)CC1. The Morgan fingerprint density at radius 3 is 2.36 bits per heavy atom. The number of hydrogen-bond donors (Lipinski definition) is 0. The van der Waals surface area contributed by atoms with Crippen LogP contribution in [0, 0.1) is 23.2 Å². The predicted molar refractivity (Wildman–Crippen MR) is 108 cm³/mol. The number of carbonyl (C=O) groups excluding carboxylic acids is 2. The Hall–Kier alpha value is -2.04. The average Bonchev–Trinajstić information content (AvgIpc) is 3.33. The molecule has 2 amide bonds. The highest BCUT2D eigenvalue weighted by Gasteiger charge is 2.50. The fourth-order valence-corrected chi connectivity index (χ4v) is 4.92. The van der Waals surface area contributed by atoms with Crippen LogP contribution in [-0.4, -0.2) is 54.4 Å². The van der Waals surface area contributed by atoms with Gasteiger partial charge in [-0.2, -0.15) is 0 Å². The minimum absolute atomic E-state index is 0.113. The second kappa shape index (κ2) is 7.76. The summed E-state index contributed by atoms with van der Waals surface area (Å²) in [6, 6.07) is 9.95. The van der Waals surface area contributed by atoms with E-state index >= 15 is 0 Å². The molecule has 5 nitrogen and oxygen atoms in total. The zero-order valence-electron chi connectivity index (χ0n) is 17.1. The van der Waals surface area contributed by atoms with Gasteiger partial charge in [-0.15, -0.1) is 0 Å². The molecule has 1 aliphatic carbocycles. The number of carbonyl (C=O) groups is 2. The van der Waals surface area contributed by atoms with E-state index in [0.29, 0.717) is 30.3 Å². The molecule has 2 saturated heterocycles. The smallest absolute Gasteiger partial charge is 0.228 e. The highest BCUT2D eigenvalue weighted by atomic mass is 16.5. The van der Waals surface area contributed by atoms with Gasteiger partial charge in [-0.3, -0.25) is 9.59 Å². The lowest BCUT2D eigenvalue weighted by molar-refractivity contribution is -0.135. The van der Waals surface area contributed by atoms with Crippen LogP contribution < -0.4 is 4.74 Å². The number of likely N-dealkylation sites (tertiary alicyclic amines) is 2. The lowest BCUT2D eigenvalue weighted by Gasteiger charge is -2.36. The summed E-state index contributed by atoms with van der Waals surface area (Å²) in [4.78, 5) is 28.7. The molecule has 28 heavy (non-hydrogen) atoms. The van der Waals surface area contributed by atoms with Gasteiger partial charge in [0.1, 0.15) is 5.75 Å². The minimum Gasteiger partial charge on any atom is -0.493 e. The summed E-state index contributed by atoms with van der Waals surface area (Å²) in [5.74, 6) is 2.79. The van der Waals surface area contributed by atoms with Gasteiger partial charge in [0.25, 0.3) is 0 Å². The number of para-hydroxylation sites is 1. The van der Waals surface area contributed by atoms with E-state index in [1.165, 1.54) is 0 Å². The second-order valence-electron chi connectivity index (χ2n) is 9.16. The summed E-state index contributed by atoms with van der Waals surface area (Å²) < 4.78 is 6.10. The van der Waals surface area contributed by atoms with E-state index in [9.17, 15) is 9.59 Å². The molecule has 152 valence electrons. The van der Waals surface area contributed by atoms with E-state index in [1.54, 1.807) is 6.92 Å². The van der Waals surface area contributed by atoms with Crippen LogP contribution in [0.4, 0.5) is 0 Å². The Morgan fingerprint density at radius 1 is 1.07 bits per heavy atom. The first-order valence-corrected chi connectivity index (χ1v) is 10.7. The Kier molecular flexibility index (Phi) is 5.35. The molecule has 0 N–H and O–H groups in total. The predicted octanol–water partition coefficient (Wildman–Crippen LogP) is 3.20. The summed E-state index contributed by atoms with van der Waals surface area (Å²) in [6.07, 6.45) is 4.11. The molecule has 2 heterocycles. The fourth-order valence-electron chi connectivity index (χ4n) is 4.92. The molecule has 0 spiro atoms. The van der Waals surface area contributed by atoms with Crippen molar-refractivity contribution in [3.05, 3.63) is 30.3 Å². The maximum atomic E-state index is 13.0. The molecule has 2 atom stereocenters. The number of benzene rings is 1. The molecule has 1 saturated carbocycles. The van der Waals surface area contributed by atoms with Crippen LogP contribution in [0.1, 0.15) is 39.5 Å². The lowest BCUT2D eigenvalue weighted by atomic mass is 9.78. The van der Waals surface area contributed by atoms with Crippen LogP contribution in [0.3, 0.4) is 0 Å². The summed E-state index contributed by atoms with van der Waals surface area (Å²) in [5, 5.41) is 0. The van der Waals surface area contributed by atoms with E-state index in [4.69, 9.17) is 4.74 Å². The van der Waals surface area contributed by atoms with Crippen molar-refractivity contribution < 1.29 is 14.3 Å². The van der Waals surface area contributed by atoms with Crippen LogP contribution in [0.25, 0.3) is 0 Å². The lowest BCUT2D eigenvalue weighted by Crippen LogP contribution is -2.41. The topological polar surface area (TPSA) is 49.9 Å². The Morgan fingerprint density at radius 2 is 1.75 bits per heavy atom. The first kappa shape index (κ1) is 19.3. The van der Waals surface area contributed by atoms with Crippen molar-refractivity contribution in [3.8, 4) is 5.75 Å². The van der Waals surface area contributed by atoms with Gasteiger partial charge in [0, 0.05) is 44.4 Å². The highest BCUT2D eigenvalue weighted by molar-refractivity contribution is 5.85. The maximum Gasteiger partial charge on any atom is 0.228 e. The zero-order valence-corrected chi connectivity index (χ0v) is 17.1. The molecule has 0 bridgehead atoms. The number of nitrogens with zero attached hydrogens (tertiary/aromatic N) is 2. The molecular weight excluding hydrogens is 352 g/mol. The van der Waals surface area contributed by atoms with Crippen molar-refractivity contribution in [1.29, 1.82) is 0 Å². The Bertz CT molecular complexity index is 708. The van der Waals surface area contributed by atoms with E-state index in [-0.39, 0.29) is 11.3 Å². The normalized spacial score (nSPS) is 26.9. The summed E-state index contributed by atoms with van der Waals surface area (Å²) >= 11 is 0. The monoisotopic (exact) mass is 384 g/mol. The van der Waals surface area contributed by atoms with Crippen molar-refractivity contribution >= 4 is 11.8 Å². The molecular formula is C23H32N2O3. The molecule has 0 aromatic heterocycles. The minimum atomic E-state index is -0.113. The third-order valence-electron chi connectivity index (χ3n) is 7.09. The molecule has 2 aliphatic heterocycles. The van der Waals surface area contributed by atoms with Gasteiger partial charge in [-0.05, 0) is 49.7 Å². The first-order chi connectivity index (χ1) is 13.5. The zero-order chi connectivity index (χ0) is 19.7. The maximum absolute atomic E-state index is 13.0. The summed E-state index contributed by atoms with van der Waals surface area (Å²) in [7, 11) is 0. The van der Waals surface area contributed by atoms with E-state index < -0.39 is 0 Å². The van der Waals surface area contributed by atoms with Crippen molar-refractivity contribution in [2.75, 3.05) is 32.8 Å². The third kappa shape index (κ3) is 4.03. The first-order valence-electron chi connectivity index (χ1n) is 10.7. The number of hydrogen-bond acceptors (Lipinski definition) is 3. The van der Waals surface area contributed by atoms with Gasteiger partial charge >= 0.3 is 0 Å². The van der Waals surface area contributed by atoms with Crippen molar-refractivity contribution in [1.82, 2.24) is 9.80 Å². The quantitative estimate of drug-likeness (QED) is 0.783. The number of amides is 2. The molecule has 1 aromatic rings. The van der Waals surface area contributed by atoms with Crippen molar-refractivity contribution in [3.63, 3.8) is 0 Å². The number of rotatable bonds is 5. The summed E-state index contributed by atoms with van der Waals surface area (Å²) in [5.41, 5.74) is -0.113.